The summed E-state index contributed by atoms with van der Waals surface area (Å²) >= 11 is 0. The minimum Gasteiger partial charge on any atom is -0.326 e. The van der Waals surface area contributed by atoms with Gasteiger partial charge in [-0.15, -0.1) is 0 Å². The van der Waals surface area contributed by atoms with Crippen LogP contribution in [0.25, 0.3) is 0 Å². The van der Waals surface area contributed by atoms with Crippen molar-refractivity contribution < 1.29 is 14.0 Å². The molecule has 0 spiro atoms. The van der Waals surface area contributed by atoms with Crippen LogP contribution in [0.15, 0.2) is 18.2 Å². The number of anilines is 2. The van der Waals surface area contributed by atoms with Crippen LogP contribution in [0.1, 0.15) is 38.5 Å². The lowest BCUT2D eigenvalue weighted by Gasteiger charge is -2.12. The van der Waals surface area contributed by atoms with Crippen molar-refractivity contribution in [3.05, 3.63) is 24.0 Å². The summed E-state index contributed by atoms with van der Waals surface area (Å²) in [5.74, 6) is -0.574. The number of nitrogens with one attached hydrogen (secondary N) is 2. The number of hydrogen-bond donors (Lipinski definition) is 2. The number of benzene rings is 1. The fraction of sp³-hybridized carbons (Fsp3) is 0.500. The van der Waals surface area contributed by atoms with Crippen LogP contribution in [-0.4, -0.2) is 11.8 Å². The zero-order valence-electron chi connectivity index (χ0n) is 11.8. The first-order valence-corrected chi connectivity index (χ1v) is 7.55. The van der Waals surface area contributed by atoms with E-state index in [1.807, 2.05) is 0 Å². The monoisotopic (exact) mass is 290 g/mol. The fourth-order valence-corrected chi connectivity index (χ4v) is 2.71. The number of rotatable bonds is 4. The summed E-state index contributed by atoms with van der Waals surface area (Å²) in [5.41, 5.74) is 0.663. The summed E-state index contributed by atoms with van der Waals surface area (Å²) in [5, 5.41) is 5.40. The van der Waals surface area contributed by atoms with Gasteiger partial charge in [0.1, 0.15) is 5.82 Å². The van der Waals surface area contributed by atoms with E-state index in [1.54, 1.807) is 0 Å². The first kappa shape index (κ1) is 14.0. The van der Waals surface area contributed by atoms with E-state index in [9.17, 15) is 14.0 Å². The predicted octanol–water partition coefficient (Wildman–Crippen LogP) is 3.30. The molecule has 0 aromatic heterocycles. The summed E-state index contributed by atoms with van der Waals surface area (Å²) in [4.78, 5) is 23.8. The summed E-state index contributed by atoms with van der Waals surface area (Å²) in [6.45, 7) is 0. The molecule has 1 aromatic carbocycles. The quantitative estimate of drug-likeness (QED) is 0.894. The minimum absolute atomic E-state index is 0.0149. The van der Waals surface area contributed by atoms with E-state index in [1.165, 1.54) is 18.2 Å². The molecule has 1 aromatic rings. The molecule has 2 aliphatic carbocycles. The lowest BCUT2D eigenvalue weighted by atomic mass is 10.1. The molecule has 112 valence electrons. The van der Waals surface area contributed by atoms with Gasteiger partial charge in [0.25, 0.3) is 0 Å². The van der Waals surface area contributed by atoms with Gasteiger partial charge in [-0.1, -0.05) is 12.8 Å². The highest BCUT2D eigenvalue weighted by molar-refractivity contribution is 5.96. The highest BCUT2D eigenvalue weighted by Crippen LogP contribution is 2.31. The third-order valence-corrected chi connectivity index (χ3v) is 4.17. The van der Waals surface area contributed by atoms with Crippen LogP contribution in [0, 0.1) is 17.7 Å². The molecule has 0 bridgehead atoms. The molecule has 2 N–H and O–H groups in total. The topological polar surface area (TPSA) is 58.2 Å². The maximum Gasteiger partial charge on any atom is 0.227 e. The number of carbonyl (C=O) groups is 2. The van der Waals surface area contributed by atoms with Gasteiger partial charge in [0.15, 0.2) is 0 Å². The van der Waals surface area contributed by atoms with Crippen LogP contribution in [0.2, 0.25) is 0 Å². The van der Waals surface area contributed by atoms with Gasteiger partial charge in [-0.2, -0.15) is 0 Å². The van der Waals surface area contributed by atoms with E-state index >= 15 is 0 Å². The third-order valence-electron chi connectivity index (χ3n) is 4.17. The Morgan fingerprint density at radius 1 is 0.952 bits per heavy atom. The summed E-state index contributed by atoms with van der Waals surface area (Å²) in [7, 11) is 0. The molecule has 3 rings (SSSR count). The Kier molecular flexibility index (Phi) is 3.90. The molecule has 2 saturated carbocycles. The van der Waals surface area contributed by atoms with Gasteiger partial charge >= 0.3 is 0 Å². The third kappa shape index (κ3) is 3.40. The average molecular weight is 290 g/mol. The summed E-state index contributed by atoms with van der Waals surface area (Å²) in [6, 6.07) is 4.28. The number of halogens is 1. The maximum atomic E-state index is 13.7. The van der Waals surface area contributed by atoms with E-state index in [2.05, 4.69) is 10.6 Å². The zero-order chi connectivity index (χ0) is 14.8. The predicted molar refractivity (Wildman–Crippen MR) is 78.3 cm³/mol. The molecule has 21 heavy (non-hydrogen) atoms. The Balaban J connectivity index is 1.67. The maximum absolute atomic E-state index is 13.7. The van der Waals surface area contributed by atoms with Crippen molar-refractivity contribution >= 4 is 23.2 Å². The van der Waals surface area contributed by atoms with Gasteiger partial charge in [0.2, 0.25) is 11.8 Å². The van der Waals surface area contributed by atoms with Crippen LogP contribution >= 0.6 is 0 Å². The Morgan fingerprint density at radius 2 is 1.57 bits per heavy atom. The number of amides is 2. The van der Waals surface area contributed by atoms with Crippen molar-refractivity contribution in [2.45, 2.75) is 38.5 Å². The molecule has 0 atom stereocenters. The van der Waals surface area contributed by atoms with Crippen molar-refractivity contribution in [3.63, 3.8) is 0 Å². The standard InChI is InChI=1S/C16H19FN2O2/c17-13-8-7-12(18-15(20)10-3-1-2-4-10)9-14(13)19-16(21)11-5-6-11/h7-11H,1-6H2,(H,18,20)(H,19,21). The van der Waals surface area contributed by atoms with E-state index in [0.717, 1.165) is 38.5 Å². The lowest BCUT2D eigenvalue weighted by Crippen LogP contribution is -2.20. The van der Waals surface area contributed by atoms with Gasteiger partial charge in [0, 0.05) is 17.5 Å². The highest BCUT2D eigenvalue weighted by Gasteiger charge is 2.30. The normalized spacial score (nSPS) is 18.5. The van der Waals surface area contributed by atoms with Crippen LogP contribution in [0.5, 0.6) is 0 Å². The van der Waals surface area contributed by atoms with Crippen molar-refractivity contribution in [2.24, 2.45) is 11.8 Å². The summed E-state index contributed by atoms with van der Waals surface area (Å²) in [6.07, 6.45) is 5.74. The van der Waals surface area contributed by atoms with E-state index in [4.69, 9.17) is 0 Å². The van der Waals surface area contributed by atoms with Gasteiger partial charge in [-0.3, -0.25) is 9.59 Å². The van der Waals surface area contributed by atoms with Crippen LogP contribution in [0.3, 0.4) is 0 Å². The molecule has 2 amide bonds. The van der Waals surface area contributed by atoms with Gasteiger partial charge in [-0.25, -0.2) is 4.39 Å². The minimum atomic E-state index is -0.483. The molecular formula is C16H19FN2O2. The molecular weight excluding hydrogens is 271 g/mol. The molecule has 2 fully saturated rings. The van der Waals surface area contributed by atoms with E-state index in [-0.39, 0.29) is 29.3 Å². The SMILES string of the molecule is O=C(Nc1ccc(F)c(NC(=O)C2CC2)c1)C1CCCC1. The molecule has 5 heteroatoms. The first-order valence-electron chi connectivity index (χ1n) is 7.55. The highest BCUT2D eigenvalue weighted by atomic mass is 19.1. The largest absolute Gasteiger partial charge is 0.326 e. The number of carbonyl (C=O) groups excluding carboxylic acids is 2. The Labute approximate surface area is 123 Å². The summed E-state index contributed by atoms with van der Waals surface area (Å²) < 4.78 is 13.7. The molecule has 4 nitrogen and oxygen atoms in total. The second-order valence-electron chi connectivity index (χ2n) is 5.93. The van der Waals surface area contributed by atoms with Crippen molar-refractivity contribution in [1.82, 2.24) is 0 Å². The molecule has 0 aliphatic heterocycles. The van der Waals surface area contributed by atoms with Gasteiger partial charge in [0.05, 0.1) is 5.69 Å². The first-order chi connectivity index (χ1) is 10.1. The zero-order valence-corrected chi connectivity index (χ0v) is 11.8. The average Bonchev–Trinajstić information content (AvgIpc) is 3.17. The van der Waals surface area contributed by atoms with Crippen LogP contribution in [-0.2, 0) is 9.59 Å². The Hall–Kier alpha value is -1.91. The van der Waals surface area contributed by atoms with Crippen LogP contribution in [0.4, 0.5) is 15.8 Å². The van der Waals surface area contributed by atoms with Gasteiger partial charge in [-0.05, 0) is 43.9 Å². The van der Waals surface area contributed by atoms with Crippen LogP contribution < -0.4 is 10.6 Å². The Bertz CT molecular complexity index is 563. The van der Waals surface area contributed by atoms with E-state index < -0.39 is 5.82 Å². The van der Waals surface area contributed by atoms with E-state index in [0.29, 0.717) is 5.69 Å². The fourth-order valence-electron chi connectivity index (χ4n) is 2.71. The number of hydrogen-bond acceptors (Lipinski definition) is 2. The van der Waals surface area contributed by atoms with Crippen molar-refractivity contribution in [3.8, 4) is 0 Å². The lowest BCUT2D eigenvalue weighted by molar-refractivity contribution is -0.119. The molecule has 0 radical (unpaired) electrons. The second kappa shape index (κ2) is 5.84. The Morgan fingerprint density at radius 3 is 2.24 bits per heavy atom. The smallest absolute Gasteiger partial charge is 0.227 e. The molecule has 0 saturated heterocycles. The van der Waals surface area contributed by atoms with Gasteiger partial charge < -0.3 is 10.6 Å². The molecule has 2 aliphatic rings. The molecule has 0 heterocycles. The van der Waals surface area contributed by atoms with Crippen molar-refractivity contribution in [2.75, 3.05) is 10.6 Å². The molecule has 0 unspecified atom stereocenters. The van der Waals surface area contributed by atoms with Crippen molar-refractivity contribution in [1.29, 1.82) is 0 Å². The second-order valence-corrected chi connectivity index (χ2v) is 5.93.